The summed E-state index contributed by atoms with van der Waals surface area (Å²) in [5.74, 6) is -0.963. The van der Waals surface area contributed by atoms with E-state index in [-0.39, 0.29) is 11.8 Å². The number of carbonyl (C=O) groups is 1. The topological polar surface area (TPSA) is 65.1 Å². The third-order valence-corrected chi connectivity index (χ3v) is 3.82. The van der Waals surface area contributed by atoms with Crippen LogP contribution in [-0.2, 0) is 4.79 Å². The van der Waals surface area contributed by atoms with E-state index in [9.17, 15) is 9.90 Å². The van der Waals surface area contributed by atoms with E-state index in [4.69, 9.17) is 0 Å². The smallest absolute Gasteiger partial charge is 0.308 e. The van der Waals surface area contributed by atoms with Gasteiger partial charge < -0.3 is 15.4 Å². The van der Waals surface area contributed by atoms with E-state index in [0.717, 1.165) is 29.4 Å². The minimum absolute atomic E-state index is 0.0890. The highest BCUT2D eigenvalue weighted by molar-refractivity contribution is 5.84. The Labute approximate surface area is 105 Å². The zero-order valence-electron chi connectivity index (χ0n) is 10.0. The van der Waals surface area contributed by atoms with Gasteiger partial charge in [0, 0.05) is 24.2 Å². The van der Waals surface area contributed by atoms with Crippen LogP contribution in [0.25, 0.3) is 10.9 Å². The summed E-state index contributed by atoms with van der Waals surface area (Å²) in [5.41, 5.74) is 2.21. The molecule has 0 aliphatic carbocycles. The molecule has 0 spiro atoms. The Morgan fingerprint density at radius 3 is 3.06 bits per heavy atom. The van der Waals surface area contributed by atoms with Gasteiger partial charge in [0.1, 0.15) is 0 Å². The van der Waals surface area contributed by atoms with Gasteiger partial charge in [0.05, 0.1) is 5.92 Å². The Hall–Kier alpha value is -1.81. The van der Waals surface area contributed by atoms with Gasteiger partial charge >= 0.3 is 5.97 Å². The standard InChI is InChI=1S/C14H16N2O2/c17-14(18)12-8-15-6-5-10(12)11-3-1-2-9-4-7-16-13(9)11/h1-4,7,10,12,15-16H,5-6,8H2,(H,17,18). The van der Waals surface area contributed by atoms with Crippen molar-refractivity contribution < 1.29 is 9.90 Å². The van der Waals surface area contributed by atoms with Crippen molar-refractivity contribution in [2.24, 2.45) is 5.92 Å². The maximum atomic E-state index is 11.4. The van der Waals surface area contributed by atoms with Crippen LogP contribution >= 0.6 is 0 Å². The molecule has 0 amide bonds. The number of para-hydroxylation sites is 1. The lowest BCUT2D eigenvalue weighted by atomic mass is 9.80. The number of rotatable bonds is 2. The average Bonchev–Trinajstić information content (AvgIpc) is 2.86. The summed E-state index contributed by atoms with van der Waals surface area (Å²) in [5, 5.41) is 13.7. The van der Waals surface area contributed by atoms with Gasteiger partial charge in [-0.1, -0.05) is 18.2 Å². The first-order valence-electron chi connectivity index (χ1n) is 6.27. The van der Waals surface area contributed by atoms with Crippen molar-refractivity contribution in [1.29, 1.82) is 0 Å². The Kier molecular flexibility index (Phi) is 2.80. The highest BCUT2D eigenvalue weighted by Gasteiger charge is 2.32. The minimum Gasteiger partial charge on any atom is -0.481 e. The highest BCUT2D eigenvalue weighted by Crippen LogP contribution is 2.34. The summed E-state index contributed by atoms with van der Waals surface area (Å²) in [6.07, 6.45) is 2.78. The molecule has 1 saturated heterocycles. The number of aromatic nitrogens is 1. The Morgan fingerprint density at radius 1 is 1.33 bits per heavy atom. The van der Waals surface area contributed by atoms with Gasteiger partial charge in [0.2, 0.25) is 0 Å². The first kappa shape index (κ1) is 11.3. The highest BCUT2D eigenvalue weighted by atomic mass is 16.4. The normalized spacial score (nSPS) is 24.2. The lowest BCUT2D eigenvalue weighted by Crippen LogP contribution is -2.39. The molecule has 0 saturated carbocycles. The number of aliphatic carboxylic acids is 1. The summed E-state index contributed by atoms with van der Waals surface area (Å²) < 4.78 is 0. The number of hydrogen-bond acceptors (Lipinski definition) is 2. The van der Waals surface area contributed by atoms with Gasteiger partial charge in [0.25, 0.3) is 0 Å². The molecule has 3 rings (SSSR count). The molecule has 2 atom stereocenters. The van der Waals surface area contributed by atoms with E-state index in [1.165, 1.54) is 0 Å². The van der Waals surface area contributed by atoms with Crippen LogP contribution in [0.2, 0.25) is 0 Å². The van der Waals surface area contributed by atoms with Crippen LogP contribution in [0, 0.1) is 5.92 Å². The fourth-order valence-corrected chi connectivity index (χ4v) is 2.91. The van der Waals surface area contributed by atoms with Crippen LogP contribution in [-0.4, -0.2) is 29.1 Å². The number of carboxylic acid groups (broad SMARTS) is 1. The van der Waals surface area contributed by atoms with E-state index in [1.807, 2.05) is 30.5 Å². The lowest BCUT2D eigenvalue weighted by molar-refractivity contribution is -0.142. The summed E-state index contributed by atoms with van der Waals surface area (Å²) in [4.78, 5) is 14.6. The van der Waals surface area contributed by atoms with Gasteiger partial charge in [-0.3, -0.25) is 4.79 Å². The van der Waals surface area contributed by atoms with E-state index < -0.39 is 5.97 Å². The summed E-state index contributed by atoms with van der Waals surface area (Å²) in [6.45, 7) is 1.43. The molecule has 1 aromatic heterocycles. The number of carboxylic acids is 1. The molecule has 1 aliphatic heterocycles. The quantitative estimate of drug-likeness (QED) is 0.756. The first-order valence-corrected chi connectivity index (χ1v) is 6.27. The van der Waals surface area contributed by atoms with Crippen molar-refractivity contribution >= 4 is 16.9 Å². The molecule has 4 heteroatoms. The Morgan fingerprint density at radius 2 is 2.22 bits per heavy atom. The van der Waals surface area contributed by atoms with Crippen LogP contribution in [0.5, 0.6) is 0 Å². The lowest BCUT2D eigenvalue weighted by Gasteiger charge is -2.29. The van der Waals surface area contributed by atoms with Crippen LogP contribution in [0.4, 0.5) is 0 Å². The zero-order chi connectivity index (χ0) is 12.5. The molecule has 2 unspecified atom stereocenters. The second kappa shape index (κ2) is 4.46. The number of fused-ring (bicyclic) bond motifs is 1. The average molecular weight is 244 g/mol. The molecule has 3 N–H and O–H groups in total. The fraction of sp³-hybridized carbons (Fsp3) is 0.357. The van der Waals surface area contributed by atoms with Crippen LogP contribution in [0.15, 0.2) is 30.5 Å². The molecule has 2 aromatic rings. The molecular formula is C14H16N2O2. The van der Waals surface area contributed by atoms with Crippen molar-refractivity contribution in [2.45, 2.75) is 12.3 Å². The Balaban J connectivity index is 2.06. The summed E-state index contributed by atoms with van der Waals surface area (Å²) in [6, 6.07) is 8.12. The summed E-state index contributed by atoms with van der Waals surface area (Å²) in [7, 11) is 0. The van der Waals surface area contributed by atoms with E-state index in [2.05, 4.69) is 10.3 Å². The zero-order valence-corrected chi connectivity index (χ0v) is 10.0. The van der Waals surface area contributed by atoms with Crippen molar-refractivity contribution in [2.75, 3.05) is 13.1 Å². The van der Waals surface area contributed by atoms with Gasteiger partial charge in [-0.05, 0) is 30.0 Å². The van der Waals surface area contributed by atoms with E-state index >= 15 is 0 Å². The molecule has 1 aliphatic rings. The number of piperidine rings is 1. The third-order valence-electron chi connectivity index (χ3n) is 3.82. The van der Waals surface area contributed by atoms with Crippen molar-refractivity contribution in [3.63, 3.8) is 0 Å². The fourth-order valence-electron chi connectivity index (χ4n) is 2.91. The molecular weight excluding hydrogens is 228 g/mol. The van der Waals surface area contributed by atoms with Gasteiger partial charge in [-0.2, -0.15) is 0 Å². The molecule has 0 bridgehead atoms. The number of aromatic amines is 1. The first-order chi connectivity index (χ1) is 8.77. The van der Waals surface area contributed by atoms with Crippen LogP contribution in [0.1, 0.15) is 17.9 Å². The summed E-state index contributed by atoms with van der Waals surface area (Å²) >= 11 is 0. The maximum absolute atomic E-state index is 11.4. The van der Waals surface area contributed by atoms with Gasteiger partial charge in [0.15, 0.2) is 0 Å². The SMILES string of the molecule is O=C(O)C1CNCCC1c1cccc2cc[nH]c12. The van der Waals surface area contributed by atoms with E-state index in [0.29, 0.717) is 6.54 Å². The molecule has 1 aromatic carbocycles. The van der Waals surface area contributed by atoms with Crippen LogP contribution in [0.3, 0.4) is 0 Å². The molecule has 18 heavy (non-hydrogen) atoms. The largest absolute Gasteiger partial charge is 0.481 e. The van der Waals surface area contributed by atoms with E-state index in [1.54, 1.807) is 0 Å². The molecule has 4 nitrogen and oxygen atoms in total. The predicted octanol–water partition coefficient (Wildman–Crippen LogP) is 1.95. The third kappa shape index (κ3) is 1.78. The minimum atomic E-state index is -0.712. The van der Waals surface area contributed by atoms with Crippen LogP contribution < -0.4 is 5.32 Å². The predicted molar refractivity (Wildman–Crippen MR) is 69.7 cm³/mol. The molecule has 1 fully saturated rings. The van der Waals surface area contributed by atoms with Crippen molar-refractivity contribution in [3.8, 4) is 0 Å². The second-order valence-corrected chi connectivity index (χ2v) is 4.83. The Bertz CT molecular complexity index is 576. The number of hydrogen-bond donors (Lipinski definition) is 3. The number of benzene rings is 1. The molecule has 94 valence electrons. The van der Waals surface area contributed by atoms with Gasteiger partial charge in [-0.25, -0.2) is 0 Å². The maximum Gasteiger partial charge on any atom is 0.308 e. The van der Waals surface area contributed by atoms with Crippen molar-refractivity contribution in [1.82, 2.24) is 10.3 Å². The van der Waals surface area contributed by atoms with Crippen molar-refractivity contribution in [3.05, 3.63) is 36.0 Å². The molecule has 0 radical (unpaired) electrons. The second-order valence-electron chi connectivity index (χ2n) is 4.83. The van der Waals surface area contributed by atoms with Gasteiger partial charge in [-0.15, -0.1) is 0 Å². The number of nitrogens with one attached hydrogen (secondary N) is 2. The molecule has 2 heterocycles. The number of H-pyrrole nitrogens is 1. The monoisotopic (exact) mass is 244 g/mol.